The Morgan fingerprint density at radius 2 is 1.42 bits per heavy atom. The molecule has 6 rings (SSSR count). The summed E-state index contributed by atoms with van der Waals surface area (Å²) >= 11 is 0. The lowest BCUT2D eigenvalue weighted by atomic mass is 9.59. The van der Waals surface area contributed by atoms with Crippen molar-refractivity contribution < 1.29 is 19.1 Å². The fourth-order valence-electron chi connectivity index (χ4n) is 7.96. The van der Waals surface area contributed by atoms with Gasteiger partial charge in [-0.05, 0) is 99.8 Å². The third-order valence-electron chi connectivity index (χ3n) is 9.31. The molecule has 7 unspecified atom stereocenters. The van der Waals surface area contributed by atoms with Crippen LogP contribution in [0.4, 0.5) is 0 Å². The summed E-state index contributed by atoms with van der Waals surface area (Å²) in [6.07, 6.45) is 6.25. The molecule has 0 saturated heterocycles. The number of aryl methyl sites for hydroxylation is 2. The lowest BCUT2D eigenvalue weighted by Crippen LogP contribution is -2.53. The molecule has 4 aliphatic carbocycles. The van der Waals surface area contributed by atoms with E-state index in [1.807, 2.05) is 62.4 Å². The Morgan fingerprint density at radius 3 is 2.06 bits per heavy atom. The van der Waals surface area contributed by atoms with Crippen LogP contribution in [0.2, 0.25) is 0 Å². The zero-order valence-corrected chi connectivity index (χ0v) is 19.5. The summed E-state index contributed by atoms with van der Waals surface area (Å²) in [6, 6.07) is 15.0. The van der Waals surface area contributed by atoms with E-state index in [4.69, 9.17) is 9.47 Å². The van der Waals surface area contributed by atoms with Gasteiger partial charge in [0.05, 0.1) is 11.1 Å². The standard InChI is InChI=1S/C29H32O4/c1-17-3-7-19(8-4-17)27(30)32-24-16-29-14-13-23(25(29)21-11-12-22(29)15-21)26(24)33-28(31)20-9-5-18(2)6-10-20/h3-10,21-26H,11-16H2,1-2H3. The number of carbonyl (C=O) groups is 2. The van der Waals surface area contributed by atoms with Crippen molar-refractivity contribution in [2.24, 2.45) is 29.1 Å². The summed E-state index contributed by atoms with van der Waals surface area (Å²) in [5.41, 5.74) is 3.61. The summed E-state index contributed by atoms with van der Waals surface area (Å²) in [4.78, 5) is 26.2. The first-order valence-electron chi connectivity index (χ1n) is 12.5. The summed E-state index contributed by atoms with van der Waals surface area (Å²) in [6.45, 7) is 4.01. The third-order valence-corrected chi connectivity index (χ3v) is 9.31. The van der Waals surface area contributed by atoms with Gasteiger partial charge >= 0.3 is 11.9 Å². The van der Waals surface area contributed by atoms with Crippen molar-refractivity contribution in [3.8, 4) is 0 Å². The molecule has 7 atom stereocenters. The molecule has 4 aliphatic rings. The van der Waals surface area contributed by atoms with E-state index in [1.54, 1.807) is 0 Å². The number of ether oxygens (including phenoxy) is 2. The van der Waals surface area contributed by atoms with Crippen molar-refractivity contribution in [3.05, 3.63) is 70.8 Å². The molecule has 0 radical (unpaired) electrons. The number of rotatable bonds is 4. The van der Waals surface area contributed by atoms with Crippen LogP contribution in [0.15, 0.2) is 48.5 Å². The fraction of sp³-hybridized carbons (Fsp3) is 0.517. The molecule has 0 spiro atoms. The predicted octanol–water partition coefficient (Wildman–Crippen LogP) is 5.90. The number of fused-ring (bicyclic) bond motifs is 2. The second-order valence-corrected chi connectivity index (χ2v) is 11.0. The lowest BCUT2D eigenvalue weighted by Gasteiger charge is -2.49. The van der Waals surface area contributed by atoms with Crippen molar-refractivity contribution in [1.29, 1.82) is 0 Å². The Labute approximate surface area is 195 Å². The van der Waals surface area contributed by atoms with Gasteiger partial charge in [0.1, 0.15) is 12.2 Å². The van der Waals surface area contributed by atoms with Crippen molar-refractivity contribution in [3.63, 3.8) is 0 Å². The highest BCUT2D eigenvalue weighted by Gasteiger charge is 2.69. The molecule has 2 aromatic carbocycles. The third kappa shape index (κ3) is 3.33. The molecule has 4 fully saturated rings. The van der Waals surface area contributed by atoms with Crippen molar-refractivity contribution in [2.75, 3.05) is 0 Å². The molecule has 33 heavy (non-hydrogen) atoms. The maximum absolute atomic E-state index is 13.1. The Bertz CT molecular complexity index is 1070. The Balaban J connectivity index is 1.29. The number of esters is 2. The van der Waals surface area contributed by atoms with Crippen LogP contribution in [-0.4, -0.2) is 24.1 Å². The van der Waals surface area contributed by atoms with E-state index in [0.29, 0.717) is 23.0 Å². The minimum Gasteiger partial charge on any atom is -0.455 e. The highest BCUT2D eigenvalue weighted by molar-refractivity contribution is 5.90. The van der Waals surface area contributed by atoms with Crippen LogP contribution in [0.3, 0.4) is 0 Å². The molecule has 2 aromatic rings. The normalized spacial score (nSPS) is 35.8. The molecule has 0 aliphatic heterocycles. The van der Waals surface area contributed by atoms with Crippen molar-refractivity contribution >= 4 is 11.9 Å². The smallest absolute Gasteiger partial charge is 0.338 e. The summed E-state index contributed by atoms with van der Waals surface area (Å²) in [5.74, 6) is 1.78. The van der Waals surface area contributed by atoms with Gasteiger partial charge in [-0.15, -0.1) is 0 Å². The average Bonchev–Trinajstić information content (AvgIpc) is 3.48. The molecule has 4 saturated carbocycles. The van der Waals surface area contributed by atoms with Gasteiger partial charge in [0, 0.05) is 5.92 Å². The number of benzene rings is 2. The van der Waals surface area contributed by atoms with E-state index in [9.17, 15) is 9.59 Å². The van der Waals surface area contributed by atoms with Crippen molar-refractivity contribution in [2.45, 2.75) is 64.6 Å². The van der Waals surface area contributed by atoms with Gasteiger partial charge in [-0.2, -0.15) is 0 Å². The maximum Gasteiger partial charge on any atom is 0.338 e. The molecule has 172 valence electrons. The van der Waals surface area contributed by atoms with Crippen molar-refractivity contribution in [1.82, 2.24) is 0 Å². The van der Waals surface area contributed by atoms with Gasteiger partial charge in [0.15, 0.2) is 0 Å². The first-order chi connectivity index (χ1) is 15.9. The van der Waals surface area contributed by atoms with Crippen LogP contribution in [0.5, 0.6) is 0 Å². The molecule has 4 bridgehead atoms. The Kier molecular flexibility index (Phi) is 4.90. The van der Waals surface area contributed by atoms with Crippen LogP contribution in [0.1, 0.15) is 70.4 Å². The quantitative estimate of drug-likeness (QED) is 0.551. The van der Waals surface area contributed by atoms with Gasteiger partial charge in [0.2, 0.25) is 0 Å². The predicted molar refractivity (Wildman–Crippen MR) is 125 cm³/mol. The topological polar surface area (TPSA) is 52.6 Å². The maximum atomic E-state index is 13.1. The van der Waals surface area contributed by atoms with E-state index in [1.165, 1.54) is 25.7 Å². The molecule has 4 heteroatoms. The monoisotopic (exact) mass is 444 g/mol. The SMILES string of the molecule is Cc1ccc(C(=O)OC2CC34CCC(C2OC(=O)c2ccc(C)cc2)C3C2CCC4C2)cc1. The van der Waals surface area contributed by atoms with E-state index in [-0.39, 0.29) is 29.6 Å². The van der Waals surface area contributed by atoms with Crippen LogP contribution in [-0.2, 0) is 9.47 Å². The first kappa shape index (κ1) is 20.9. The van der Waals surface area contributed by atoms with Gasteiger partial charge < -0.3 is 9.47 Å². The van der Waals surface area contributed by atoms with E-state index < -0.39 is 0 Å². The molecule has 0 N–H and O–H groups in total. The molecule has 4 nitrogen and oxygen atoms in total. The number of carbonyl (C=O) groups excluding carboxylic acids is 2. The summed E-state index contributed by atoms with van der Waals surface area (Å²) < 4.78 is 12.4. The van der Waals surface area contributed by atoms with E-state index in [0.717, 1.165) is 35.8 Å². The molecule has 0 aromatic heterocycles. The average molecular weight is 445 g/mol. The van der Waals surface area contributed by atoms with Crippen LogP contribution >= 0.6 is 0 Å². The molecule has 0 heterocycles. The van der Waals surface area contributed by atoms with E-state index >= 15 is 0 Å². The largest absolute Gasteiger partial charge is 0.455 e. The summed E-state index contributed by atoms with van der Waals surface area (Å²) in [7, 11) is 0. The minimum absolute atomic E-state index is 0.276. The second kappa shape index (κ2) is 7.72. The van der Waals surface area contributed by atoms with Gasteiger partial charge in [-0.25, -0.2) is 9.59 Å². The zero-order chi connectivity index (χ0) is 22.7. The molecular weight excluding hydrogens is 412 g/mol. The van der Waals surface area contributed by atoms with E-state index in [2.05, 4.69) is 0 Å². The number of hydrogen-bond acceptors (Lipinski definition) is 4. The summed E-state index contributed by atoms with van der Waals surface area (Å²) in [5, 5.41) is 0. The second-order valence-electron chi connectivity index (χ2n) is 11.0. The fourth-order valence-corrected chi connectivity index (χ4v) is 7.96. The Hall–Kier alpha value is -2.62. The van der Waals surface area contributed by atoms with Gasteiger partial charge in [-0.3, -0.25) is 0 Å². The van der Waals surface area contributed by atoms with Crippen LogP contribution in [0.25, 0.3) is 0 Å². The number of hydrogen-bond donors (Lipinski definition) is 0. The lowest BCUT2D eigenvalue weighted by molar-refractivity contribution is -0.121. The Morgan fingerprint density at radius 1 is 0.818 bits per heavy atom. The first-order valence-corrected chi connectivity index (χ1v) is 12.5. The molecular formula is C29H32O4. The van der Waals surface area contributed by atoms with Gasteiger partial charge in [0.25, 0.3) is 0 Å². The highest BCUT2D eigenvalue weighted by atomic mass is 16.6. The van der Waals surface area contributed by atoms with Crippen LogP contribution in [0, 0.1) is 42.9 Å². The highest BCUT2D eigenvalue weighted by Crippen LogP contribution is 2.72. The van der Waals surface area contributed by atoms with Gasteiger partial charge in [-0.1, -0.05) is 35.4 Å². The van der Waals surface area contributed by atoms with Crippen LogP contribution < -0.4 is 0 Å². The zero-order valence-electron chi connectivity index (χ0n) is 19.5. The minimum atomic E-state index is -0.378. The molecule has 0 amide bonds.